The second kappa shape index (κ2) is 8.93. The summed E-state index contributed by atoms with van der Waals surface area (Å²) in [5.74, 6) is 0. The first-order valence-electron chi connectivity index (χ1n) is 8.11. The molecular weight excluding hydrogens is 302 g/mol. The van der Waals surface area contributed by atoms with Crippen molar-refractivity contribution in [3.63, 3.8) is 0 Å². The average Bonchev–Trinajstić information content (AvgIpc) is 2.59. The Hall–Kier alpha value is -2.53. The molecule has 0 bridgehead atoms. The summed E-state index contributed by atoms with van der Waals surface area (Å²) in [6.07, 6.45) is 1.32. The number of carbonyl (C=O) groups excluding carboxylic acids is 1. The molecule has 24 heavy (non-hydrogen) atoms. The second-order valence-corrected chi connectivity index (χ2v) is 5.84. The average molecular weight is 327 g/mol. The van der Waals surface area contributed by atoms with Crippen molar-refractivity contribution in [2.75, 3.05) is 30.9 Å². The van der Waals surface area contributed by atoms with E-state index in [9.17, 15) is 4.79 Å². The van der Waals surface area contributed by atoms with E-state index in [0.29, 0.717) is 12.8 Å². The van der Waals surface area contributed by atoms with E-state index in [1.165, 1.54) is 0 Å². The molecule has 0 unspecified atom stereocenters. The summed E-state index contributed by atoms with van der Waals surface area (Å²) in [6, 6.07) is 17.1. The van der Waals surface area contributed by atoms with Crippen molar-refractivity contribution < 1.29 is 9.90 Å². The molecule has 2 amide bonds. The van der Waals surface area contributed by atoms with Crippen LogP contribution in [0.5, 0.6) is 0 Å². The van der Waals surface area contributed by atoms with E-state index in [2.05, 4.69) is 10.6 Å². The summed E-state index contributed by atoms with van der Waals surface area (Å²) in [7, 11) is 3.87. The first-order chi connectivity index (χ1) is 11.6. The zero-order valence-electron chi connectivity index (χ0n) is 14.2. The molecule has 2 aromatic rings. The number of carbonyl (C=O) groups is 1. The fraction of sp³-hybridized carbons (Fsp3) is 0.316. The summed E-state index contributed by atoms with van der Waals surface area (Å²) in [5, 5.41) is 15.0. The molecule has 128 valence electrons. The monoisotopic (exact) mass is 327 g/mol. The molecular formula is C19H25N3O2. The van der Waals surface area contributed by atoms with Crippen LogP contribution < -0.4 is 15.5 Å². The first-order valence-corrected chi connectivity index (χ1v) is 8.11. The van der Waals surface area contributed by atoms with Crippen LogP contribution in [0.25, 0.3) is 0 Å². The lowest BCUT2D eigenvalue weighted by atomic mass is 10.0. The predicted octanol–water partition coefficient (Wildman–Crippen LogP) is 3.39. The Morgan fingerprint density at radius 2 is 1.75 bits per heavy atom. The Kier molecular flexibility index (Phi) is 6.63. The number of nitrogens with one attached hydrogen (secondary N) is 2. The van der Waals surface area contributed by atoms with Gasteiger partial charge in [0.15, 0.2) is 0 Å². The largest absolute Gasteiger partial charge is 0.396 e. The lowest BCUT2D eigenvalue weighted by molar-refractivity contribution is 0.244. The molecule has 0 aliphatic carbocycles. The normalized spacial score (nSPS) is 11.6. The van der Waals surface area contributed by atoms with E-state index in [1.54, 1.807) is 0 Å². The van der Waals surface area contributed by atoms with Crippen molar-refractivity contribution >= 4 is 17.4 Å². The maximum atomic E-state index is 12.4. The van der Waals surface area contributed by atoms with Gasteiger partial charge in [0.05, 0.1) is 17.4 Å². The minimum Gasteiger partial charge on any atom is -0.396 e. The van der Waals surface area contributed by atoms with Gasteiger partial charge in [-0.05, 0) is 30.5 Å². The maximum absolute atomic E-state index is 12.4. The van der Waals surface area contributed by atoms with Crippen LogP contribution in [0.1, 0.15) is 24.4 Å². The van der Waals surface area contributed by atoms with E-state index < -0.39 is 0 Å². The molecule has 0 fully saturated rings. The molecule has 0 radical (unpaired) electrons. The topological polar surface area (TPSA) is 64.6 Å². The summed E-state index contributed by atoms with van der Waals surface area (Å²) in [6.45, 7) is 0.107. The second-order valence-electron chi connectivity index (χ2n) is 5.84. The Morgan fingerprint density at radius 3 is 2.42 bits per heavy atom. The molecule has 5 nitrogen and oxygen atoms in total. The number of benzene rings is 2. The predicted molar refractivity (Wildman–Crippen MR) is 98.4 cm³/mol. The molecule has 0 aliphatic heterocycles. The van der Waals surface area contributed by atoms with Crippen molar-refractivity contribution in [3.8, 4) is 0 Å². The number of anilines is 2. The van der Waals surface area contributed by atoms with Crippen molar-refractivity contribution in [3.05, 3.63) is 60.2 Å². The van der Waals surface area contributed by atoms with Gasteiger partial charge in [-0.15, -0.1) is 0 Å². The first kappa shape index (κ1) is 17.8. The van der Waals surface area contributed by atoms with Crippen LogP contribution in [-0.2, 0) is 0 Å². The number of nitrogens with zero attached hydrogens (tertiary/aromatic N) is 1. The summed E-state index contributed by atoms with van der Waals surface area (Å²) in [4.78, 5) is 14.4. The molecule has 0 heterocycles. The fourth-order valence-corrected chi connectivity index (χ4v) is 2.59. The zero-order valence-corrected chi connectivity index (χ0v) is 14.2. The van der Waals surface area contributed by atoms with Gasteiger partial charge >= 0.3 is 6.03 Å². The highest BCUT2D eigenvalue weighted by atomic mass is 16.3. The van der Waals surface area contributed by atoms with Crippen LogP contribution in [0, 0.1) is 0 Å². The Morgan fingerprint density at radius 1 is 1.08 bits per heavy atom. The van der Waals surface area contributed by atoms with Gasteiger partial charge in [-0.2, -0.15) is 0 Å². The van der Waals surface area contributed by atoms with Crippen LogP contribution in [-0.4, -0.2) is 31.8 Å². The van der Waals surface area contributed by atoms with Crippen molar-refractivity contribution in [1.82, 2.24) is 5.32 Å². The fourth-order valence-electron chi connectivity index (χ4n) is 2.59. The molecule has 0 spiro atoms. The van der Waals surface area contributed by atoms with E-state index >= 15 is 0 Å². The lowest BCUT2D eigenvalue weighted by Crippen LogP contribution is -2.33. The van der Waals surface area contributed by atoms with E-state index in [4.69, 9.17) is 5.11 Å². The number of rotatable bonds is 7. The van der Waals surface area contributed by atoms with Gasteiger partial charge in [0.2, 0.25) is 0 Å². The summed E-state index contributed by atoms with van der Waals surface area (Å²) >= 11 is 0. The Labute approximate surface area is 143 Å². The van der Waals surface area contributed by atoms with E-state index in [1.807, 2.05) is 73.6 Å². The molecule has 3 N–H and O–H groups in total. The highest BCUT2D eigenvalue weighted by Crippen LogP contribution is 2.24. The minimum absolute atomic E-state index is 0.107. The van der Waals surface area contributed by atoms with Gasteiger partial charge in [-0.3, -0.25) is 0 Å². The summed E-state index contributed by atoms with van der Waals surface area (Å²) < 4.78 is 0. The van der Waals surface area contributed by atoms with Gasteiger partial charge in [0.25, 0.3) is 0 Å². The SMILES string of the molecule is CN(C)c1ccccc1NC(=O)N[C@H](CCCO)c1ccccc1. The van der Waals surface area contributed by atoms with Crippen molar-refractivity contribution in [2.45, 2.75) is 18.9 Å². The molecule has 2 aromatic carbocycles. The van der Waals surface area contributed by atoms with Gasteiger partial charge in [-0.25, -0.2) is 4.79 Å². The molecule has 5 heteroatoms. The van der Waals surface area contributed by atoms with E-state index in [-0.39, 0.29) is 18.7 Å². The highest BCUT2D eigenvalue weighted by molar-refractivity contribution is 5.93. The smallest absolute Gasteiger partial charge is 0.319 e. The van der Waals surface area contributed by atoms with Gasteiger partial charge in [-0.1, -0.05) is 42.5 Å². The lowest BCUT2D eigenvalue weighted by Gasteiger charge is -2.21. The number of urea groups is 1. The quantitative estimate of drug-likeness (QED) is 0.730. The zero-order chi connectivity index (χ0) is 17.4. The van der Waals surface area contributed by atoms with Crippen molar-refractivity contribution in [2.24, 2.45) is 0 Å². The maximum Gasteiger partial charge on any atom is 0.319 e. The number of para-hydroxylation sites is 2. The van der Waals surface area contributed by atoms with Gasteiger partial charge in [0.1, 0.15) is 0 Å². The number of amides is 2. The van der Waals surface area contributed by atoms with Crippen LogP contribution in [0.15, 0.2) is 54.6 Å². The Bertz CT molecular complexity index is 644. The molecule has 0 aliphatic rings. The number of aliphatic hydroxyl groups excluding tert-OH is 1. The van der Waals surface area contributed by atoms with Crippen LogP contribution in [0.2, 0.25) is 0 Å². The number of hydrogen-bond acceptors (Lipinski definition) is 3. The standard InChI is InChI=1S/C19H25N3O2/c1-22(2)18-13-7-6-11-17(18)21-19(24)20-16(12-8-14-23)15-9-4-3-5-10-15/h3-7,9-11,13,16,23H,8,12,14H2,1-2H3,(H2,20,21,24)/t16-/m1/s1. The molecule has 0 saturated carbocycles. The molecule has 0 saturated heterocycles. The van der Waals surface area contributed by atoms with Gasteiger partial charge in [0, 0.05) is 20.7 Å². The molecule has 1 atom stereocenters. The van der Waals surface area contributed by atoms with Crippen LogP contribution in [0.4, 0.5) is 16.2 Å². The molecule has 0 aromatic heterocycles. The van der Waals surface area contributed by atoms with E-state index in [0.717, 1.165) is 16.9 Å². The third kappa shape index (κ3) is 4.99. The Balaban J connectivity index is 2.08. The highest BCUT2D eigenvalue weighted by Gasteiger charge is 2.15. The number of aliphatic hydroxyl groups is 1. The minimum atomic E-state index is -0.254. The number of hydrogen-bond donors (Lipinski definition) is 3. The van der Waals surface area contributed by atoms with Crippen LogP contribution >= 0.6 is 0 Å². The third-order valence-electron chi connectivity index (χ3n) is 3.79. The summed E-state index contributed by atoms with van der Waals surface area (Å²) in [5.41, 5.74) is 2.73. The van der Waals surface area contributed by atoms with Crippen LogP contribution in [0.3, 0.4) is 0 Å². The van der Waals surface area contributed by atoms with Crippen molar-refractivity contribution in [1.29, 1.82) is 0 Å². The molecule has 2 rings (SSSR count). The van der Waals surface area contributed by atoms with Gasteiger partial charge < -0.3 is 20.6 Å². The third-order valence-corrected chi connectivity index (χ3v) is 3.79.